The summed E-state index contributed by atoms with van der Waals surface area (Å²) in [6, 6.07) is 6.74. The maximum absolute atomic E-state index is 10.9. The van der Waals surface area contributed by atoms with E-state index in [0.29, 0.717) is 11.1 Å². The molecule has 1 N–H and O–H groups in total. The maximum atomic E-state index is 10.9. The molecule has 2 amide bonds. The van der Waals surface area contributed by atoms with Gasteiger partial charge in [0.15, 0.2) is 0 Å². The van der Waals surface area contributed by atoms with Crippen LogP contribution >= 0.6 is 0 Å². The highest BCUT2D eigenvalue weighted by molar-refractivity contribution is 6.21. The van der Waals surface area contributed by atoms with Gasteiger partial charge in [-0.25, -0.2) is 0 Å². The van der Waals surface area contributed by atoms with Gasteiger partial charge < -0.3 is 0 Å². The number of amides is 2. The highest BCUT2D eigenvalue weighted by Gasteiger charge is 2.25. The lowest BCUT2D eigenvalue weighted by Crippen LogP contribution is -2.19. The maximum Gasteiger partial charge on any atom is 0.258 e. The van der Waals surface area contributed by atoms with Crippen LogP contribution in [0.15, 0.2) is 24.3 Å². The van der Waals surface area contributed by atoms with Gasteiger partial charge in [0.2, 0.25) is 0 Å². The van der Waals surface area contributed by atoms with E-state index in [1.165, 1.54) is 103 Å². The molecular weight excluding hydrogens is 358 g/mol. The molecule has 1 aliphatic heterocycles. The van der Waals surface area contributed by atoms with Gasteiger partial charge in [-0.05, 0) is 12.1 Å². The lowest BCUT2D eigenvalue weighted by Gasteiger charge is -2.03. The predicted molar refractivity (Wildman–Crippen MR) is 123 cm³/mol. The summed E-state index contributed by atoms with van der Waals surface area (Å²) >= 11 is 0. The molecule has 0 spiro atoms. The summed E-state index contributed by atoms with van der Waals surface area (Å²) in [7, 11) is 0. The number of rotatable bonds is 15. The third kappa shape index (κ3) is 11.8. The summed E-state index contributed by atoms with van der Waals surface area (Å²) in [4.78, 5) is 21.9. The van der Waals surface area contributed by atoms with Gasteiger partial charge in [-0.3, -0.25) is 14.9 Å². The summed E-state index contributed by atoms with van der Waals surface area (Å²) < 4.78 is 0. The fraction of sp³-hybridized carbons (Fsp3) is 0.692. The zero-order chi connectivity index (χ0) is 21.2. The molecule has 3 heteroatoms. The lowest BCUT2D eigenvalue weighted by atomic mass is 10.0. The van der Waals surface area contributed by atoms with Crippen molar-refractivity contribution in [2.75, 3.05) is 0 Å². The van der Waals surface area contributed by atoms with Gasteiger partial charge in [-0.2, -0.15) is 0 Å². The monoisotopic (exact) mass is 401 g/mol. The van der Waals surface area contributed by atoms with E-state index in [2.05, 4.69) is 19.2 Å². The fourth-order valence-corrected chi connectivity index (χ4v) is 3.74. The third-order valence-electron chi connectivity index (χ3n) is 5.60. The molecule has 1 heterocycles. The molecule has 29 heavy (non-hydrogen) atoms. The largest absolute Gasteiger partial charge is 0.288 e. The number of hydrogen-bond donors (Lipinski definition) is 1. The zero-order valence-electron chi connectivity index (χ0n) is 18.9. The summed E-state index contributed by atoms with van der Waals surface area (Å²) in [5.41, 5.74) is 0.940. The fourth-order valence-electron chi connectivity index (χ4n) is 3.74. The quantitative estimate of drug-likeness (QED) is 0.240. The Balaban J connectivity index is 0.000000321. The molecule has 0 saturated carbocycles. The van der Waals surface area contributed by atoms with Crippen molar-refractivity contribution < 1.29 is 9.59 Å². The Labute approximate surface area is 179 Å². The molecule has 0 bridgehead atoms. The topological polar surface area (TPSA) is 46.2 Å². The van der Waals surface area contributed by atoms with Crippen LogP contribution in [0, 0.1) is 0 Å². The van der Waals surface area contributed by atoms with Crippen molar-refractivity contribution in [3.8, 4) is 0 Å². The first-order chi connectivity index (χ1) is 14.2. The molecule has 0 radical (unpaired) electrons. The molecular formula is C26H43NO2. The average molecular weight is 402 g/mol. The Bertz CT molecular complexity index is 519. The van der Waals surface area contributed by atoms with Gasteiger partial charge in [-0.15, -0.1) is 0 Å². The first kappa shape index (κ1) is 25.4. The molecule has 164 valence electrons. The van der Waals surface area contributed by atoms with E-state index in [1.54, 1.807) is 24.3 Å². The van der Waals surface area contributed by atoms with E-state index >= 15 is 0 Å². The molecule has 0 atom stereocenters. The van der Waals surface area contributed by atoms with Gasteiger partial charge in [0.25, 0.3) is 11.8 Å². The SMILES string of the molecule is CCCCCCCCCCCCCCCCCC.O=C1NC(=O)c2ccccc21. The molecule has 1 aliphatic rings. The van der Waals surface area contributed by atoms with Gasteiger partial charge in [0.1, 0.15) is 0 Å². The summed E-state index contributed by atoms with van der Waals surface area (Å²) in [5, 5.41) is 2.20. The van der Waals surface area contributed by atoms with Crippen molar-refractivity contribution in [2.24, 2.45) is 0 Å². The van der Waals surface area contributed by atoms with Gasteiger partial charge in [0, 0.05) is 0 Å². The normalized spacial score (nSPS) is 12.3. The second-order valence-corrected chi connectivity index (χ2v) is 8.28. The minimum Gasteiger partial charge on any atom is -0.288 e. The lowest BCUT2D eigenvalue weighted by molar-refractivity contribution is 0.0879. The van der Waals surface area contributed by atoms with Crippen LogP contribution in [0.5, 0.6) is 0 Å². The van der Waals surface area contributed by atoms with Crippen LogP contribution in [0.2, 0.25) is 0 Å². The number of benzene rings is 1. The van der Waals surface area contributed by atoms with Crippen LogP contribution in [0.1, 0.15) is 137 Å². The molecule has 0 aromatic heterocycles. The Morgan fingerprint density at radius 3 is 1.07 bits per heavy atom. The van der Waals surface area contributed by atoms with Crippen LogP contribution in [-0.4, -0.2) is 11.8 Å². The van der Waals surface area contributed by atoms with Gasteiger partial charge in [-0.1, -0.05) is 129 Å². The van der Waals surface area contributed by atoms with Crippen molar-refractivity contribution in [1.82, 2.24) is 5.32 Å². The van der Waals surface area contributed by atoms with Crippen LogP contribution in [-0.2, 0) is 0 Å². The predicted octanol–water partition coefficient (Wildman–Crippen LogP) is 7.84. The van der Waals surface area contributed by atoms with Crippen molar-refractivity contribution >= 4 is 11.8 Å². The highest BCUT2D eigenvalue weighted by atomic mass is 16.2. The highest BCUT2D eigenvalue weighted by Crippen LogP contribution is 2.14. The Morgan fingerprint density at radius 2 is 0.793 bits per heavy atom. The minimum atomic E-state index is -0.300. The van der Waals surface area contributed by atoms with Crippen molar-refractivity contribution in [1.29, 1.82) is 0 Å². The number of carbonyl (C=O) groups excluding carboxylic acids is 2. The average Bonchev–Trinajstić information content (AvgIpc) is 3.03. The number of nitrogens with one attached hydrogen (secondary N) is 1. The third-order valence-corrected chi connectivity index (χ3v) is 5.60. The van der Waals surface area contributed by atoms with E-state index in [-0.39, 0.29) is 11.8 Å². The van der Waals surface area contributed by atoms with Crippen molar-refractivity contribution in [2.45, 2.75) is 117 Å². The number of hydrogen-bond acceptors (Lipinski definition) is 2. The Kier molecular flexibility index (Phi) is 15.1. The molecule has 1 aromatic carbocycles. The van der Waals surface area contributed by atoms with Crippen molar-refractivity contribution in [3.63, 3.8) is 0 Å². The summed E-state index contributed by atoms with van der Waals surface area (Å²) in [5.74, 6) is -0.601. The molecule has 0 aliphatic carbocycles. The molecule has 1 aromatic rings. The molecule has 0 fully saturated rings. The van der Waals surface area contributed by atoms with Gasteiger partial charge >= 0.3 is 0 Å². The van der Waals surface area contributed by atoms with E-state index in [4.69, 9.17) is 0 Å². The number of imide groups is 1. The van der Waals surface area contributed by atoms with Crippen LogP contribution in [0.25, 0.3) is 0 Å². The molecule has 2 rings (SSSR count). The molecule has 3 nitrogen and oxygen atoms in total. The van der Waals surface area contributed by atoms with E-state index < -0.39 is 0 Å². The van der Waals surface area contributed by atoms with E-state index in [9.17, 15) is 9.59 Å². The molecule has 0 unspecified atom stereocenters. The van der Waals surface area contributed by atoms with E-state index in [0.717, 1.165) is 0 Å². The Morgan fingerprint density at radius 1 is 0.517 bits per heavy atom. The summed E-state index contributed by atoms with van der Waals surface area (Å²) in [6.07, 6.45) is 23.4. The zero-order valence-corrected chi connectivity index (χ0v) is 18.9. The minimum absolute atomic E-state index is 0.300. The van der Waals surface area contributed by atoms with Crippen molar-refractivity contribution in [3.05, 3.63) is 35.4 Å². The summed E-state index contributed by atoms with van der Waals surface area (Å²) in [6.45, 7) is 4.59. The second kappa shape index (κ2) is 17.2. The smallest absolute Gasteiger partial charge is 0.258 e. The second-order valence-electron chi connectivity index (χ2n) is 8.28. The van der Waals surface area contributed by atoms with Gasteiger partial charge in [0.05, 0.1) is 11.1 Å². The van der Waals surface area contributed by atoms with Crippen LogP contribution in [0.4, 0.5) is 0 Å². The number of unbranched alkanes of at least 4 members (excludes halogenated alkanes) is 15. The first-order valence-electron chi connectivity index (χ1n) is 12.1. The number of carbonyl (C=O) groups is 2. The standard InChI is InChI=1S/C18H38.C8H5NO2/c1-3-5-7-9-11-13-15-17-18-16-14-12-10-8-6-4-2;10-7-5-3-1-2-4-6(5)8(11)9-7/h3-18H2,1-2H3;1-4H,(H,9,10,11). The Hall–Kier alpha value is -1.64. The van der Waals surface area contributed by atoms with Crippen LogP contribution in [0.3, 0.4) is 0 Å². The number of fused-ring (bicyclic) bond motifs is 1. The van der Waals surface area contributed by atoms with E-state index in [1.807, 2.05) is 0 Å². The molecule has 0 saturated heterocycles. The van der Waals surface area contributed by atoms with Crippen LogP contribution < -0.4 is 5.32 Å². The first-order valence-corrected chi connectivity index (χ1v) is 12.1.